The third-order valence-corrected chi connectivity index (χ3v) is 3.99. The van der Waals surface area contributed by atoms with Gasteiger partial charge in [0.2, 0.25) is 0 Å². The molecule has 1 amide bonds. The fraction of sp³-hybridized carbons (Fsp3) is 0.385. The van der Waals surface area contributed by atoms with Crippen LogP contribution in [0.3, 0.4) is 0 Å². The van der Waals surface area contributed by atoms with E-state index in [4.69, 9.17) is 11.5 Å². The highest BCUT2D eigenvalue weighted by Gasteiger charge is 2.29. The first-order valence-electron chi connectivity index (χ1n) is 5.66. The molecule has 0 spiro atoms. The summed E-state index contributed by atoms with van der Waals surface area (Å²) >= 11 is 1.21. The SMILES string of the molecule is [C]#Cc1ccc(C(=O)N2CCCC(C(=O)O)C2)s1. The molecule has 1 N–H and O–H groups in total. The first-order valence-corrected chi connectivity index (χ1v) is 6.48. The van der Waals surface area contributed by atoms with Crippen LogP contribution in [0.15, 0.2) is 12.1 Å². The van der Waals surface area contributed by atoms with Crippen LogP contribution in [-0.2, 0) is 4.79 Å². The molecule has 1 radical (unpaired) electrons. The fourth-order valence-corrected chi connectivity index (χ4v) is 2.82. The van der Waals surface area contributed by atoms with Crippen molar-refractivity contribution in [2.75, 3.05) is 13.1 Å². The summed E-state index contributed by atoms with van der Waals surface area (Å²) < 4.78 is 0. The first kappa shape index (κ1) is 12.7. The van der Waals surface area contributed by atoms with Crippen LogP contribution in [-0.4, -0.2) is 35.0 Å². The number of rotatable bonds is 2. The van der Waals surface area contributed by atoms with Gasteiger partial charge < -0.3 is 10.0 Å². The van der Waals surface area contributed by atoms with Crippen LogP contribution in [0.4, 0.5) is 0 Å². The van der Waals surface area contributed by atoms with Crippen LogP contribution in [0.2, 0.25) is 0 Å². The molecule has 1 saturated heterocycles. The highest BCUT2D eigenvalue weighted by atomic mass is 32.1. The Morgan fingerprint density at radius 1 is 1.50 bits per heavy atom. The molecule has 1 unspecified atom stereocenters. The number of carbonyl (C=O) groups is 2. The van der Waals surface area contributed by atoms with Crippen molar-refractivity contribution in [2.45, 2.75) is 12.8 Å². The second kappa shape index (κ2) is 5.23. The maximum Gasteiger partial charge on any atom is 0.308 e. The normalized spacial score (nSPS) is 19.3. The van der Waals surface area contributed by atoms with Gasteiger partial charge in [0, 0.05) is 13.1 Å². The maximum absolute atomic E-state index is 12.2. The zero-order chi connectivity index (χ0) is 13.1. The van der Waals surface area contributed by atoms with Crippen molar-refractivity contribution in [1.29, 1.82) is 0 Å². The van der Waals surface area contributed by atoms with Gasteiger partial charge in [-0.2, -0.15) is 0 Å². The monoisotopic (exact) mass is 262 g/mol. The molecule has 18 heavy (non-hydrogen) atoms. The van der Waals surface area contributed by atoms with Crippen molar-refractivity contribution in [3.8, 4) is 5.92 Å². The topological polar surface area (TPSA) is 57.6 Å². The molecule has 0 bridgehead atoms. The van der Waals surface area contributed by atoms with Crippen molar-refractivity contribution >= 4 is 23.2 Å². The molecule has 1 atom stereocenters. The van der Waals surface area contributed by atoms with Gasteiger partial charge in [-0.05, 0) is 37.3 Å². The van der Waals surface area contributed by atoms with Crippen molar-refractivity contribution in [3.63, 3.8) is 0 Å². The van der Waals surface area contributed by atoms with Crippen LogP contribution in [0.5, 0.6) is 0 Å². The van der Waals surface area contributed by atoms with Crippen LogP contribution in [0.1, 0.15) is 27.4 Å². The molecule has 2 rings (SSSR count). The van der Waals surface area contributed by atoms with E-state index in [2.05, 4.69) is 5.92 Å². The number of hydrogen-bond acceptors (Lipinski definition) is 3. The summed E-state index contributed by atoms with van der Waals surface area (Å²) in [4.78, 5) is 25.8. The Bertz CT molecular complexity index is 515. The van der Waals surface area contributed by atoms with E-state index in [1.54, 1.807) is 17.0 Å². The quantitative estimate of drug-likeness (QED) is 0.824. The molecule has 93 valence electrons. The van der Waals surface area contributed by atoms with E-state index in [-0.39, 0.29) is 12.5 Å². The Morgan fingerprint density at radius 2 is 2.28 bits per heavy atom. The second-order valence-electron chi connectivity index (χ2n) is 4.22. The smallest absolute Gasteiger partial charge is 0.308 e. The third-order valence-electron chi connectivity index (χ3n) is 3.00. The van der Waals surface area contributed by atoms with Crippen molar-refractivity contribution in [2.24, 2.45) is 5.92 Å². The van der Waals surface area contributed by atoms with Crippen LogP contribution in [0, 0.1) is 18.3 Å². The minimum atomic E-state index is -0.841. The Morgan fingerprint density at radius 3 is 2.89 bits per heavy atom. The molecule has 0 aliphatic carbocycles. The Labute approximate surface area is 109 Å². The van der Waals surface area contributed by atoms with Gasteiger partial charge in [0.25, 0.3) is 5.91 Å². The zero-order valence-electron chi connectivity index (χ0n) is 9.68. The zero-order valence-corrected chi connectivity index (χ0v) is 10.5. The molecule has 1 aliphatic rings. The van der Waals surface area contributed by atoms with E-state index in [0.717, 1.165) is 6.42 Å². The predicted octanol–water partition coefficient (Wildman–Crippen LogP) is 1.62. The molecule has 0 aromatic carbocycles. The number of piperidine rings is 1. The summed E-state index contributed by atoms with van der Waals surface area (Å²) in [6, 6.07) is 3.33. The van der Waals surface area contributed by atoms with Gasteiger partial charge in [-0.25, -0.2) is 0 Å². The number of carboxylic acids is 1. The number of aliphatic carboxylic acids is 1. The van der Waals surface area contributed by atoms with Gasteiger partial charge in [-0.3, -0.25) is 9.59 Å². The fourth-order valence-electron chi connectivity index (χ4n) is 2.04. The standard InChI is InChI=1S/C13H12NO3S/c1-2-10-5-6-11(18-10)12(15)14-7-3-4-9(8-14)13(16)17/h5-6,9H,3-4,7-8H2,(H,16,17). The summed E-state index contributed by atoms with van der Waals surface area (Å²) in [5.74, 6) is 0.788. The Kier molecular flexibility index (Phi) is 3.68. The molecule has 0 saturated carbocycles. The lowest BCUT2D eigenvalue weighted by Gasteiger charge is -2.30. The number of hydrogen-bond donors (Lipinski definition) is 1. The number of carboxylic acid groups (broad SMARTS) is 1. The van der Waals surface area contributed by atoms with Gasteiger partial charge in [-0.15, -0.1) is 11.3 Å². The third kappa shape index (κ3) is 2.54. The summed E-state index contributed by atoms with van der Waals surface area (Å²) in [5.41, 5.74) is 0. The van der Waals surface area contributed by atoms with Crippen LogP contribution >= 0.6 is 11.3 Å². The van der Waals surface area contributed by atoms with Gasteiger partial charge in [0.05, 0.1) is 15.7 Å². The van der Waals surface area contributed by atoms with Crippen molar-refractivity contribution in [1.82, 2.24) is 4.90 Å². The predicted molar refractivity (Wildman–Crippen MR) is 66.8 cm³/mol. The minimum Gasteiger partial charge on any atom is -0.481 e. The summed E-state index contributed by atoms with van der Waals surface area (Å²) in [6.07, 6.45) is 8.34. The summed E-state index contributed by atoms with van der Waals surface area (Å²) in [6.45, 7) is 0.875. The van der Waals surface area contributed by atoms with E-state index in [9.17, 15) is 9.59 Å². The lowest BCUT2D eigenvalue weighted by atomic mass is 9.98. The number of likely N-dealkylation sites (tertiary alicyclic amines) is 1. The van der Waals surface area contributed by atoms with E-state index in [1.807, 2.05) is 0 Å². The molecule has 1 aromatic heterocycles. The molecule has 4 nitrogen and oxygen atoms in total. The number of amides is 1. The van der Waals surface area contributed by atoms with Crippen molar-refractivity contribution in [3.05, 3.63) is 28.3 Å². The van der Waals surface area contributed by atoms with Gasteiger partial charge in [0.15, 0.2) is 0 Å². The number of nitrogens with zero attached hydrogens (tertiary/aromatic N) is 1. The second-order valence-corrected chi connectivity index (χ2v) is 5.30. The maximum atomic E-state index is 12.2. The summed E-state index contributed by atoms with van der Waals surface area (Å²) in [7, 11) is 0. The number of thiophene rings is 1. The largest absolute Gasteiger partial charge is 0.481 e. The summed E-state index contributed by atoms with van der Waals surface area (Å²) in [5, 5.41) is 8.98. The lowest BCUT2D eigenvalue weighted by Crippen LogP contribution is -2.42. The molecule has 2 heterocycles. The molecule has 1 fully saturated rings. The van der Waals surface area contributed by atoms with E-state index < -0.39 is 11.9 Å². The van der Waals surface area contributed by atoms with Gasteiger partial charge in [-0.1, -0.05) is 0 Å². The van der Waals surface area contributed by atoms with Gasteiger partial charge >= 0.3 is 5.97 Å². The molecule has 1 aromatic rings. The average Bonchev–Trinajstić information content (AvgIpc) is 2.86. The lowest BCUT2D eigenvalue weighted by molar-refractivity contribution is -0.143. The highest BCUT2D eigenvalue weighted by molar-refractivity contribution is 7.14. The number of carbonyl (C=O) groups excluding carboxylic acids is 1. The first-order chi connectivity index (χ1) is 8.61. The van der Waals surface area contributed by atoms with Crippen LogP contribution in [0.25, 0.3) is 0 Å². The molecule has 5 heteroatoms. The van der Waals surface area contributed by atoms with Crippen LogP contribution < -0.4 is 0 Å². The van der Waals surface area contributed by atoms with Gasteiger partial charge in [0.1, 0.15) is 0 Å². The van der Waals surface area contributed by atoms with Crippen molar-refractivity contribution < 1.29 is 14.7 Å². The molecular weight excluding hydrogens is 250 g/mol. The average molecular weight is 262 g/mol. The van der Waals surface area contributed by atoms with E-state index in [1.165, 1.54) is 11.3 Å². The van der Waals surface area contributed by atoms with E-state index in [0.29, 0.717) is 22.7 Å². The highest BCUT2D eigenvalue weighted by Crippen LogP contribution is 2.22. The Balaban J connectivity index is 2.09. The Hall–Kier alpha value is -1.80. The van der Waals surface area contributed by atoms with E-state index >= 15 is 0 Å². The minimum absolute atomic E-state index is 0.146. The molecule has 1 aliphatic heterocycles. The molecular formula is C13H12NO3S.